The minimum absolute atomic E-state index is 0.576. The molecule has 1 heteroatoms. The van der Waals surface area contributed by atoms with Crippen molar-refractivity contribution in [3.8, 4) is 0 Å². The van der Waals surface area contributed by atoms with E-state index in [0.29, 0.717) is 6.04 Å². The first kappa shape index (κ1) is 17.0. The van der Waals surface area contributed by atoms with Gasteiger partial charge in [-0.2, -0.15) is 0 Å². The van der Waals surface area contributed by atoms with Crippen LogP contribution in [0.4, 0.5) is 0 Å². The predicted octanol–water partition coefficient (Wildman–Crippen LogP) is 5.71. The fourth-order valence-corrected chi connectivity index (χ4v) is 3.92. The lowest BCUT2D eigenvalue weighted by molar-refractivity contribution is -0.936. The van der Waals surface area contributed by atoms with Gasteiger partial charge in [0.2, 0.25) is 0 Å². The normalized spacial score (nSPS) is 18.4. The van der Waals surface area contributed by atoms with Gasteiger partial charge >= 0.3 is 0 Å². The summed E-state index contributed by atoms with van der Waals surface area (Å²) < 4.78 is 1.12. The number of rotatable bonds is 8. The minimum Gasteiger partial charge on any atom is -0.316 e. The Bertz CT molecular complexity index is 642. The largest absolute Gasteiger partial charge is 0.316 e. The van der Waals surface area contributed by atoms with Gasteiger partial charge in [-0.1, -0.05) is 73.7 Å². The van der Waals surface area contributed by atoms with E-state index < -0.39 is 0 Å². The molecular weight excluding hydrogens is 290 g/mol. The maximum atomic E-state index is 2.45. The molecule has 0 N–H and O–H groups in total. The molecule has 2 aromatic carbocycles. The van der Waals surface area contributed by atoms with Crippen molar-refractivity contribution in [3.63, 3.8) is 0 Å². The van der Waals surface area contributed by atoms with Crippen LogP contribution in [0.5, 0.6) is 0 Å². The Labute approximate surface area is 147 Å². The molecule has 0 saturated heterocycles. The number of hydrogen-bond donors (Lipinski definition) is 0. The summed E-state index contributed by atoms with van der Waals surface area (Å²) in [4.78, 5) is 0. The predicted molar refractivity (Wildman–Crippen MR) is 104 cm³/mol. The summed E-state index contributed by atoms with van der Waals surface area (Å²) in [6, 6.07) is 22.3. The summed E-state index contributed by atoms with van der Waals surface area (Å²) in [6.45, 7) is 4.73. The van der Waals surface area contributed by atoms with Crippen LogP contribution in [0.1, 0.15) is 43.4 Å². The molecule has 126 valence electrons. The molecule has 0 aromatic heterocycles. The molecule has 2 aromatic rings. The monoisotopic (exact) mass is 320 g/mol. The Morgan fingerprint density at radius 3 is 2.21 bits per heavy atom. The van der Waals surface area contributed by atoms with Gasteiger partial charge in [0.05, 0.1) is 20.1 Å². The van der Waals surface area contributed by atoms with Crippen molar-refractivity contribution in [2.45, 2.75) is 32.2 Å². The lowest BCUT2D eigenvalue weighted by Crippen LogP contribution is -2.48. The highest BCUT2D eigenvalue weighted by Gasteiger charge is 2.37. The van der Waals surface area contributed by atoms with Gasteiger partial charge in [0, 0.05) is 17.9 Å². The average molecular weight is 321 g/mol. The lowest BCUT2D eigenvalue weighted by atomic mass is 9.99. The Kier molecular flexibility index (Phi) is 5.52. The van der Waals surface area contributed by atoms with Gasteiger partial charge in [0.1, 0.15) is 6.04 Å². The topological polar surface area (TPSA) is 0 Å². The first-order chi connectivity index (χ1) is 11.7. The van der Waals surface area contributed by atoms with E-state index in [1.54, 1.807) is 0 Å². The second-order valence-electron chi connectivity index (χ2n) is 7.44. The highest BCUT2D eigenvalue weighted by atomic mass is 15.4. The number of nitrogens with zero attached hydrogens (tertiary/aromatic N) is 1. The van der Waals surface area contributed by atoms with Crippen LogP contribution in [0.15, 0.2) is 66.7 Å². The molecular formula is C23H30N+. The van der Waals surface area contributed by atoms with Crippen molar-refractivity contribution in [1.82, 2.24) is 0 Å². The zero-order valence-corrected chi connectivity index (χ0v) is 15.1. The molecule has 0 radical (unpaired) electrons. The third-order valence-electron chi connectivity index (χ3n) is 5.33. The van der Waals surface area contributed by atoms with Crippen molar-refractivity contribution >= 4 is 6.08 Å². The molecule has 3 rings (SSSR count). The molecule has 2 atom stereocenters. The van der Waals surface area contributed by atoms with Crippen LogP contribution in [-0.4, -0.2) is 24.6 Å². The summed E-state index contributed by atoms with van der Waals surface area (Å²) in [5.74, 6) is 0.929. The van der Waals surface area contributed by atoms with Crippen LogP contribution >= 0.6 is 0 Å². The summed E-state index contributed by atoms with van der Waals surface area (Å²) in [6.07, 6.45) is 8.68. The first-order valence-electron chi connectivity index (χ1n) is 9.32. The maximum absolute atomic E-state index is 2.45. The molecule has 1 fully saturated rings. The van der Waals surface area contributed by atoms with E-state index >= 15 is 0 Å². The molecule has 0 bridgehead atoms. The molecule has 0 amide bonds. The standard InChI is InChI=1S/C23H30N/c1-3-23(22-14-8-5-9-15-22)24(2,19-21-16-17-21)18-10-13-20-11-6-4-7-12-20/h4-15,21,23H,3,16-19H2,1-2H3/q+1. The number of hydrogen-bond acceptors (Lipinski definition) is 0. The van der Waals surface area contributed by atoms with E-state index in [2.05, 4.69) is 86.8 Å². The Morgan fingerprint density at radius 1 is 1.00 bits per heavy atom. The van der Waals surface area contributed by atoms with E-state index in [-0.39, 0.29) is 0 Å². The second kappa shape index (κ2) is 7.81. The average Bonchev–Trinajstić information content (AvgIpc) is 3.41. The molecule has 1 aliphatic carbocycles. The Hall–Kier alpha value is -1.86. The second-order valence-corrected chi connectivity index (χ2v) is 7.44. The van der Waals surface area contributed by atoms with Gasteiger partial charge in [0.25, 0.3) is 0 Å². The molecule has 24 heavy (non-hydrogen) atoms. The number of benzene rings is 2. The smallest absolute Gasteiger partial charge is 0.114 e. The summed E-state index contributed by atoms with van der Waals surface area (Å²) in [7, 11) is 2.45. The van der Waals surface area contributed by atoms with Gasteiger partial charge in [-0.25, -0.2) is 0 Å². The van der Waals surface area contributed by atoms with E-state index in [0.717, 1.165) is 16.9 Å². The maximum Gasteiger partial charge on any atom is 0.114 e. The molecule has 2 unspecified atom stereocenters. The fourth-order valence-electron chi connectivity index (χ4n) is 3.92. The van der Waals surface area contributed by atoms with Crippen LogP contribution < -0.4 is 0 Å². The number of likely N-dealkylation sites (N-methyl/N-ethyl adjacent to an activating group) is 1. The van der Waals surface area contributed by atoms with Crippen LogP contribution in [0.25, 0.3) is 6.08 Å². The quantitative estimate of drug-likeness (QED) is 0.547. The van der Waals surface area contributed by atoms with Crippen LogP contribution in [0.2, 0.25) is 0 Å². The SMILES string of the molecule is CCC(c1ccccc1)[N+](C)(CC=Cc1ccccc1)CC1CC1. The van der Waals surface area contributed by atoms with E-state index in [1.165, 1.54) is 36.9 Å². The van der Waals surface area contributed by atoms with Crippen molar-refractivity contribution < 1.29 is 4.48 Å². The van der Waals surface area contributed by atoms with Crippen LogP contribution in [0, 0.1) is 5.92 Å². The molecule has 0 heterocycles. The third kappa shape index (κ3) is 4.36. The van der Waals surface area contributed by atoms with Crippen molar-refractivity contribution in [3.05, 3.63) is 77.9 Å². The van der Waals surface area contributed by atoms with Gasteiger partial charge in [0.15, 0.2) is 0 Å². The summed E-state index contributed by atoms with van der Waals surface area (Å²) >= 11 is 0. The van der Waals surface area contributed by atoms with Gasteiger partial charge < -0.3 is 4.48 Å². The molecule has 1 nitrogen and oxygen atoms in total. The highest BCUT2D eigenvalue weighted by Crippen LogP contribution is 2.38. The highest BCUT2D eigenvalue weighted by molar-refractivity contribution is 5.48. The molecule has 0 aliphatic heterocycles. The zero-order valence-electron chi connectivity index (χ0n) is 15.1. The van der Waals surface area contributed by atoms with E-state index in [1.807, 2.05) is 0 Å². The van der Waals surface area contributed by atoms with Crippen molar-refractivity contribution in [2.75, 3.05) is 20.1 Å². The zero-order chi connectivity index (χ0) is 16.8. The van der Waals surface area contributed by atoms with Gasteiger partial charge in [-0.15, -0.1) is 0 Å². The van der Waals surface area contributed by atoms with Crippen LogP contribution in [0.3, 0.4) is 0 Å². The molecule has 1 saturated carbocycles. The third-order valence-corrected chi connectivity index (χ3v) is 5.33. The van der Waals surface area contributed by atoms with E-state index in [9.17, 15) is 0 Å². The van der Waals surface area contributed by atoms with Crippen LogP contribution in [-0.2, 0) is 0 Å². The molecule has 0 spiro atoms. The van der Waals surface area contributed by atoms with E-state index in [4.69, 9.17) is 0 Å². The summed E-state index contributed by atoms with van der Waals surface area (Å²) in [5.41, 5.74) is 2.78. The lowest BCUT2D eigenvalue weighted by Gasteiger charge is -2.41. The fraction of sp³-hybridized carbons (Fsp3) is 0.391. The Balaban J connectivity index is 1.79. The van der Waals surface area contributed by atoms with Crippen molar-refractivity contribution in [2.24, 2.45) is 5.92 Å². The molecule has 1 aliphatic rings. The van der Waals surface area contributed by atoms with Gasteiger partial charge in [-0.05, 0) is 24.5 Å². The van der Waals surface area contributed by atoms with Crippen molar-refractivity contribution in [1.29, 1.82) is 0 Å². The number of quaternary nitrogens is 1. The Morgan fingerprint density at radius 2 is 1.62 bits per heavy atom. The van der Waals surface area contributed by atoms with Gasteiger partial charge in [-0.3, -0.25) is 0 Å². The minimum atomic E-state index is 0.576. The summed E-state index contributed by atoms with van der Waals surface area (Å²) in [5, 5.41) is 0. The first-order valence-corrected chi connectivity index (χ1v) is 9.32.